The molecule has 0 fully saturated rings. The summed E-state index contributed by atoms with van der Waals surface area (Å²) < 4.78 is 17.6. The maximum Gasteiger partial charge on any atom is 0.195 e. The van der Waals surface area contributed by atoms with Gasteiger partial charge in [0.15, 0.2) is 8.24 Å². The van der Waals surface area contributed by atoms with Crippen LogP contribution in [0.1, 0.15) is 46.0 Å². The summed E-state index contributed by atoms with van der Waals surface area (Å²) in [5, 5.41) is 16.1. The third kappa shape index (κ3) is 4.16. The first-order chi connectivity index (χ1) is 9.58. The van der Waals surface area contributed by atoms with Crippen LogP contribution in [0.4, 0.5) is 0 Å². The maximum atomic E-state index is 13.0. The molecule has 5 nitrogen and oxygen atoms in total. The molecular weight excluding hydrogens is 314 g/mol. The first-order valence-corrected chi connectivity index (χ1v) is 11.9. The smallest absolute Gasteiger partial charge is 0.195 e. The van der Waals surface area contributed by atoms with E-state index in [0.717, 1.165) is 0 Å². The molecule has 0 saturated heterocycles. The van der Waals surface area contributed by atoms with E-state index in [2.05, 4.69) is 42.9 Å². The molecule has 0 aliphatic rings. The molecule has 22 heavy (non-hydrogen) atoms. The molecule has 0 saturated carbocycles. The van der Waals surface area contributed by atoms with Crippen LogP contribution in [0, 0.1) is 6.92 Å². The summed E-state index contributed by atoms with van der Waals surface area (Å²) in [4.78, 5) is 4.80. The van der Waals surface area contributed by atoms with Gasteiger partial charge in [0.05, 0.1) is 16.3 Å². The van der Waals surface area contributed by atoms with Crippen LogP contribution in [-0.2, 0) is 15.5 Å². The lowest BCUT2D eigenvalue weighted by atomic mass is 10.0. The second-order valence-corrected chi connectivity index (χ2v) is 14.7. The van der Waals surface area contributed by atoms with Crippen LogP contribution in [-0.4, -0.2) is 22.5 Å². The zero-order valence-corrected chi connectivity index (χ0v) is 16.7. The molecule has 0 aliphatic carbocycles. The fourth-order valence-corrected chi connectivity index (χ4v) is 6.66. The van der Waals surface area contributed by atoms with Crippen LogP contribution in [0.15, 0.2) is 21.1 Å². The molecule has 1 aromatic heterocycles. The second-order valence-electron chi connectivity index (χ2n) is 7.81. The minimum Gasteiger partial charge on any atom is -0.384 e. The van der Waals surface area contributed by atoms with Crippen molar-refractivity contribution in [2.24, 2.45) is 9.17 Å². The molecule has 7 heteroatoms. The summed E-state index contributed by atoms with van der Waals surface area (Å²) in [6.07, 6.45) is 0. The van der Waals surface area contributed by atoms with E-state index in [0.29, 0.717) is 16.3 Å². The summed E-state index contributed by atoms with van der Waals surface area (Å²) in [6.45, 7) is 15.5. The number of pyridine rings is 1. The van der Waals surface area contributed by atoms with Gasteiger partial charge in [-0.3, -0.25) is 9.01 Å². The van der Waals surface area contributed by atoms with Crippen LogP contribution in [0.5, 0.6) is 0 Å². The molecule has 0 aliphatic heterocycles. The van der Waals surface area contributed by atoms with Gasteiger partial charge >= 0.3 is 0 Å². The number of hydrogen-bond acceptors (Lipinski definition) is 4. The van der Waals surface area contributed by atoms with E-state index in [1.165, 1.54) is 0 Å². The minimum absolute atomic E-state index is 0.0383. The van der Waals surface area contributed by atoms with E-state index in [1.54, 1.807) is 32.9 Å². The van der Waals surface area contributed by atoms with Crippen LogP contribution in [0.25, 0.3) is 0 Å². The third-order valence-corrected chi connectivity index (χ3v) is 11.8. The van der Waals surface area contributed by atoms with Crippen molar-refractivity contribution < 1.29 is 9.32 Å². The second kappa shape index (κ2) is 5.70. The summed E-state index contributed by atoms with van der Waals surface area (Å²) in [7, 11) is -5.15. The first kappa shape index (κ1) is 19.3. The van der Waals surface area contributed by atoms with Crippen molar-refractivity contribution in [3.63, 3.8) is 0 Å². The van der Waals surface area contributed by atoms with Crippen molar-refractivity contribution in [2.45, 2.75) is 70.2 Å². The fraction of sp³-hybridized carbons (Fsp3) is 0.667. The quantitative estimate of drug-likeness (QED) is 0.825. The lowest BCUT2D eigenvalue weighted by Crippen LogP contribution is -2.37. The zero-order valence-electron chi connectivity index (χ0n) is 14.9. The van der Waals surface area contributed by atoms with Gasteiger partial charge in [0.25, 0.3) is 0 Å². The Hall–Kier alpha value is -0.763. The highest BCUT2D eigenvalue weighted by Crippen LogP contribution is 2.38. The van der Waals surface area contributed by atoms with Gasteiger partial charge in [-0.25, -0.2) is 9.35 Å². The summed E-state index contributed by atoms with van der Waals surface area (Å²) in [5.41, 5.74) is 0.0286. The van der Waals surface area contributed by atoms with Crippen molar-refractivity contribution in [2.75, 3.05) is 0 Å². The van der Waals surface area contributed by atoms with Crippen molar-refractivity contribution in [1.82, 2.24) is 4.98 Å². The number of rotatable bonds is 3. The van der Waals surface area contributed by atoms with Crippen molar-refractivity contribution in [1.29, 1.82) is 0 Å². The van der Waals surface area contributed by atoms with E-state index in [4.69, 9.17) is 5.14 Å². The fourth-order valence-electron chi connectivity index (χ4n) is 1.72. The molecule has 1 heterocycles. The lowest BCUT2D eigenvalue weighted by molar-refractivity contribution is 0.0735. The molecule has 1 atom stereocenters. The Balaban J connectivity index is 3.46. The molecule has 1 aromatic rings. The van der Waals surface area contributed by atoms with Gasteiger partial charge in [0, 0.05) is 0 Å². The molecule has 0 spiro atoms. The van der Waals surface area contributed by atoms with E-state index in [1.807, 2.05) is 0 Å². The standard InChI is InChI=1S/C15H29N3O2SSi/c1-11-12(9-10-13(17-11)15(5,6)19)21(16,20)18-22(7,8)14(2,3)4/h9-10,19H,1-8H3,(H2,16,18,20). The molecule has 126 valence electrons. The third-order valence-electron chi connectivity index (χ3n) is 4.18. The molecular formula is C15H29N3O2SSi. The van der Waals surface area contributed by atoms with Crippen LogP contribution >= 0.6 is 0 Å². The number of nitrogens with two attached hydrogens (primary N) is 1. The predicted octanol–water partition coefficient (Wildman–Crippen LogP) is 3.32. The Morgan fingerprint density at radius 1 is 1.23 bits per heavy atom. The van der Waals surface area contributed by atoms with E-state index in [-0.39, 0.29) is 5.04 Å². The Labute approximate surface area is 135 Å². The number of aryl methyl sites for hydroxylation is 1. The summed E-state index contributed by atoms with van der Waals surface area (Å²) in [5.74, 6) is 0. The van der Waals surface area contributed by atoms with Gasteiger partial charge in [-0.15, -0.1) is 0 Å². The highest BCUT2D eigenvalue weighted by Gasteiger charge is 2.37. The zero-order chi connectivity index (χ0) is 17.6. The topological polar surface area (TPSA) is 88.6 Å². The van der Waals surface area contributed by atoms with Gasteiger partial charge in [0.1, 0.15) is 15.5 Å². The van der Waals surface area contributed by atoms with Gasteiger partial charge in [0.2, 0.25) is 0 Å². The first-order valence-electron chi connectivity index (χ1n) is 7.34. The van der Waals surface area contributed by atoms with Crippen LogP contribution in [0.2, 0.25) is 18.1 Å². The highest BCUT2D eigenvalue weighted by atomic mass is 32.2. The predicted molar refractivity (Wildman–Crippen MR) is 94.4 cm³/mol. The Kier molecular flexibility index (Phi) is 5.00. The van der Waals surface area contributed by atoms with Crippen LogP contribution in [0.3, 0.4) is 0 Å². The highest BCUT2D eigenvalue weighted by molar-refractivity contribution is 7.92. The maximum absolute atomic E-state index is 13.0. The van der Waals surface area contributed by atoms with Crippen molar-refractivity contribution in [3.05, 3.63) is 23.5 Å². The van der Waals surface area contributed by atoms with Gasteiger partial charge < -0.3 is 5.11 Å². The number of hydrogen-bond donors (Lipinski definition) is 2. The monoisotopic (exact) mass is 343 g/mol. The summed E-state index contributed by atoms with van der Waals surface area (Å²) in [6, 6.07) is 3.34. The van der Waals surface area contributed by atoms with Gasteiger partial charge in [-0.05, 0) is 51.0 Å². The molecule has 3 N–H and O–H groups in total. The number of aromatic nitrogens is 1. The Bertz CT molecular complexity index is 679. The lowest BCUT2D eigenvalue weighted by Gasteiger charge is -2.32. The average Bonchev–Trinajstić information content (AvgIpc) is 2.23. The Morgan fingerprint density at radius 2 is 1.73 bits per heavy atom. The summed E-state index contributed by atoms with van der Waals surface area (Å²) >= 11 is 0. The van der Waals surface area contributed by atoms with Crippen LogP contribution < -0.4 is 5.14 Å². The molecule has 0 bridgehead atoms. The number of aliphatic hydroxyl groups is 1. The molecule has 1 unspecified atom stereocenters. The SMILES string of the molecule is Cc1nc(C(C)(C)O)ccc1S(N)(=O)=N[Si](C)(C)C(C)(C)C. The number of nitrogens with zero attached hydrogens (tertiary/aromatic N) is 2. The molecule has 0 amide bonds. The van der Waals surface area contributed by atoms with Crippen molar-refractivity contribution >= 4 is 18.2 Å². The van der Waals surface area contributed by atoms with Gasteiger partial charge in [-0.1, -0.05) is 20.8 Å². The average molecular weight is 344 g/mol. The van der Waals surface area contributed by atoms with E-state index < -0.39 is 23.8 Å². The van der Waals surface area contributed by atoms with Crippen molar-refractivity contribution in [3.8, 4) is 0 Å². The Morgan fingerprint density at radius 3 is 2.09 bits per heavy atom. The minimum atomic E-state index is -3.00. The molecule has 0 radical (unpaired) electrons. The van der Waals surface area contributed by atoms with E-state index >= 15 is 0 Å². The normalized spacial score (nSPS) is 16.3. The van der Waals surface area contributed by atoms with E-state index in [9.17, 15) is 9.32 Å². The molecule has 1 rings (SSSR count). The largest absolute Gasteiger partial charge is 0.384 e. The van der Waals surface area contributed by atoms with Gasteiger partial charge in [-0.2, -0.15) is 0 Å². The molecule has 0 aromatic carbocycles.